The van der Waals surface area contributed by atoms with Crippen LogP contribution in [0.2, 0.25) is 0 Å². The molecule has 242 valence electrons. The zero-order valence-electron chi connectivity index (χ0n) is 29.1. The van der Waals surface area contributed by atoms with Crippen LogP contribution < -0.4 is 4.74 Å². The molecule has 7 aromatic rings. The van der Waals surface area contributed by atoms with Crippen molar-refractivity contribution < 1.29 is 4.74 Å². The lowest BCUT2D eigenvalue weighted by molar-refractivity contribution is 0.481. The summed E-state index contributed by atoms with van der Waals surface area (Å²) in [6, 6.07) is 32.3. The molecule has 0 aliphatic carbocycles. The Bertz CT molecular complexity index is 2270. The zero-order valence-corrected chi connectivity index (χ0v) is 29.1. The van der Waals surface area contributed by atoms with Gasteiger partial charge in [0.1, 0.15) is 17.3 Å². The van der Waals surface area contributed by atoms with Crippen LogP contribution in [0.15, 0.2) is 97.2 Å². The molecule has 0 saturated carbocycles. The Kier molecular flexibility index (Phi) is 8.38. The van der Waals surface area contributed by atoms with Crippen LogP contribution in [0.4, 0.5) is 0 Å². The molecule has 0 N–H and O–H groups in total. The highest BCUT2D eigenvalue weighted by molar-refractivity contribution is 6.09. The third kappa shape index (κ3) is 5.68. The Hall–Kier alpha value is -5.16. The van der Waals surface area contributed by atoms with Gasteiger partial charge < -0.3 is 4.74 Å². The quantitative estimate of drug-likeness (QED) is 0.159. The molecule has 0 atom stereocenters. The van der Waals surface area contributed by atoms with E-state index in [0.717, 1.165) is 58.3 Å². The van der Waals surface area contributed by atoms with Crippen molar-refractivity contribution in [3.8, 4) is 34.1 Å². The first kappa shape index (κ1) is 31.4. The number of ether oxygens (including phenoxy) is 1. The minimum Gasteiger partial charge on any atom is -0.457 e. The molecular weight excluding hydrogens is 589 g/mol. The standard InChI is InChI=1S/C43H44N4O/c1-8-9-15-32-20-21-44-41(22-32)46-39-17-11-10-16-37(39)38-19-18-35(26-40(38)46)48-36-24-33(27(2)3)23-34(25-36)47-31(7)43(30(6)45-47)42-28(4)13-12-14-29(42)5/h10-14,16-27H,8-9,15H2,1-7H3. The Labute approximate surface area is 283 Å². The predicted molar refractivity (Wildman–Crippen MR) is 199 cm³/mol. The lowest BCUT2D eigenvalue weighted by atomic mass is 9.94. The largest absolute Gasteiger partial charge is 0.457 e. The van der Waals surface area contributed by atoms with E-state index in [1.807, 2.05) is 6.20 Å². The first-order valence-corrected chi connectivity index (χ1v) is 17.2. The summed E-state index contributed by atoms with van der Waals surface area (Å²) in [4.78, 5) is 4.84. The Morgan fingerprint density at radius 1 is 0.729 bits per heavy atom. The zero-order chi connectivity index (χ0) is 33.5. The molecule has 0 amide bonds. The maximum absolute atomic E-state index is 6.73. The molecule has 5 nitrogen and oxygen atoms in total. The van der Waals surface area contributed by atoms with E-state index in [-0.39, 0.29) is 0 Å². The van der Waals surface area contributed by atoms with E-state index in [9.17, 15) is 0 Å². The van der Waals surface area contributed by atoms with E-state index in [0.29, 0.717) is 5.92 Å². The average Bonchev–Trinajstić information content (AvgIpc) is 3.56. The van der Waals surface area contributed by atoms with Crippen molar-refractivity contribution in [2.75, 3.05) is 0 Å². The molecule has 4 aromatic carbocycles. The number of aromatic nitrogens is 4. The minimum atomic E-state index is 0.318. The monoisotopic (exact) mass is 632 g/mol. The average molecular weight is 633 g/mol. The molecule has 48 heavy (non-hydrogen) atoms. The van der Waals surface area contributed by atoms with Crippen LogP contribution in [0.1, 0.15) is 73.2 Å². The number of rotatable bonds is 9. The van der Waals surface area contributed by atoms with Crippen LogP contribution in [-0.4, -0.2) is 19.3 Å². The first-order chi connectivity index (χ1) is 23.2. The highest BCUT2D eigenvalue weighted by Crippen LogP contribution is 2.38. The Balaban J connectivity index is 1.32. The fourth-order valence-electron chi connectivity index (χ4n) is 7.10. The van der Waals surface area contributed by atoms with E-state index < -0.39 is 0 Å². The molecule has 0 bridgehead atoms. The van der Waals surface area contributed by atoms with Crippen molar-refractivity contribution in [3.05, 3.63) is 131 Å². The molecule has 3 heterocycles. The molecule has 0 aliphatic rings. The number of hydrogen-bond donors (Lipinski definition) is 0. The van der Waals surface area contributed by atoms with Crippen LogP contribution >= 0.6 is 0 Å². The lowest BCUT2D eigenvalue weighted by Crippen LogP contribution is -2.02. The van der Waals surface area contributed by atoms with E-state index in [1.165, 1.54) is 50.6 Å². The van der Waals surface area contributed by atoms with Crippen molar-refractivity contribution in [1.82, 2.24) is 19.3 Å². The van der Waals surface area contributed by atoms with Gasteiger partial charge in [0.25, 0.3) is 0 Å². The molecule has 7 rings (SSSR count). The van der Waals surface area contributed by atoms with E-state index in [2.05, 4.69) is 149 Å². The highest BCUT2D eigenvalue weighted by atomic mass is 16.5. The van der Waals surface area contributed by atoms with Gasteiger partial charge in [-0.05, 0) is 117 Å². The molecule has 0 fully saturated rings. The number of hydrogen-bond acceptors (Lipinski definition) is 3. The van der Waals surface area contributed by atoms with Crippen molar-refractivity contribution in [3.63, 3.8) is 0 Å². The van der Waals surface area contributed by atoms with Crippen molar-refractivity contribution in [2.24, 2.45) is 0 Å². The van der Waals surface area contributed by atoms with E-state index in [1.54, 1.807) is 0 Å². The summed E-state index contributed by atoms with van der Waals surface area (Å²) in [5, 5.41) is 7.45. The van der Waals surface area contributed by atoms with Gasteiger partial charge in [-0.2, -0.15) is 5.10 Å². The van der Waals surface area contributed by atoms with Gasteiger partial charge in [-0.25, -0.2) is 9.67 Å². The summed E-state index contributed by atoms with van der Waals surface area (Å²) in [5.74, 6) is 2.82. The van der Waals surface area contributed by atoms with Crippen LogP contribution in [-0.2, 0) is 6.42 Å². The number of unbranched alkanes of at least 4 members (excludes halogenated alkanes) is 1. The molecular formula is C43H44N4O. The molecule has 0 saturated heterocycles. The molecule has 0 unspecified atom stereocenters. The second-order valence-electron chi connectivity index (χ2n) is 13.4. The molecule has 5 heteroatoms. The third-order valence-electron chi connectivity index (χ3n) is 9.59. The van der Waals surface area contributed by atoms with Gasteiger partial charge in [0, 0.05) is 40.4 Å². The summed E-state index contributed by atoms with van der Waals surface area (Å²) in [6.07, 6.45) is 5.31. The number of nitrogens with zero attached hydrogens (tertiary/aromatic N) is 4. The highest BCUT2D eigenvalue weighted by Gasteiger charge is 2.20. The fraction of sp³-hybridized carbons (Fsp3) is 0.256. The maximum atomic E-state index is 6.73. The minimum absolute atomic E-state index is 0.318. The topological polar surface area (TPSA) is 44.9 Å². The van der Waals surface area contributed by atoms with Gasteiger partial charge in [0.15, 0.2) is 0 Å². The van der Waals surface area contributed by atoms with Gasteiger partial charge in [-0.3, -0.25) is 4.57 Å². The van der Waals surface area contributed by atoms with Crippen LogP contribution in [0, 0.1) is 27.7 Å². The van der Waals surface area contributed by atoms with Crippen LogP contribution in [0.5, 0.6) is 11.5 Å². The van der Waals surface area contributed by atoms with Gasteiger partial charge in [0.05, 0.1) is 22.4 Å². The van der Waals surface area contributed by atoms with Crippen molar-refractivity contribution in [1.29, 1.82) is 0 Å². The lowest BCUT2D eigenvalue weighted by Gasteiger charge is -2.15. The van der Waals surface area contributed by atoms with Gasteiger partial charge >= 0.3 is 0 Å². The predicted octanol–water partition coefficient (Wildman–Crippen LogP) is 11.5. The second-order valence-corrected chi connectivity index (χ2v) is 13.4. The molecule has 3 aromatic heterocycles. The third-order valence-corrected chi connectivity index (χ3v) is 9.59. The fourth-order valence-corrected chi connectivity index (χ4v) is 7.10. The Morgan fingerprint density at radius 2 is 1.50 bits per heavy atom. The van der Waals surface area contributed by atoms with Gasteiger partial charge in [0.2, 0.25) is 0 Å². The second kappa shape index (κ2) is 12.8. The van der Waals surface area contributed by atoms with Crippen LogP contribution in [0.25, 0.3) is 44.4 Å². The molecule has 0 aliphatic heterocycles. The summed E-state index contributed by atoms with van der Waals surface area (Å²) in [6.45, 7) is 15.3. The first-order valence-electron chi connectivity index (χ1n) is 17.2. The van der Waals surface area contributed by atoms with Crippen molar-refractivity contribution in [2.45, 2.75) is 73.6 Å². The van der Waals surface area contributed by atoms with Gasteiger partial charge in [-0.1, -0.05) is 63.6 Å². The number of para-hydroxylation sites is 1. The smallest absolute Gasteiger partial charge is 0.137 e. The van der Waals surface area contributed by atoms with E-state index in [4.69, 9.17) is 14.8 Å². The summed E-state index contributed by atoms with van der Waals surface area (Å²) in [7, 11) is 0. The molecule has 0 spiro atoms. The number of aryl methyl sites for hydroxylation is 4. The summed E-state index contributed by atoms with van der Waals surface area (Å²) >= 11 is 0. The Morgan fingerprint density at radius 3 is 2.27 bits per heavy atom. The SMILES string of the molecule is CCCCc1ccnc(-n2c3ccccc3c3ccc(Oc4cc(C(C)C)cc(-n5nc(C)c(-c6c(C)cccc6C)c5C)c4)cc32)c1. The molecule has 0 radical (unpaired) electrons. The van der Waals surface area contributed by atoms with Crippen molar-refractivity contribution >= 4 is 21.8 Å². The summed E-state index contributed by atoms with van der Waals surface area (Å²) < 4.78 is 11.1. The summed E-state index contributed by atoms with van der Waals surface area (Å²) in [5.41, 5.74) is 12.9. The number of pyridine rings is 1. The van der Waals surface area contributed by atoms with Gasteiger partial charge in [-0.15, -0.1) is 0 Å². The maximum Gasteiger partial charge on any atom is 0.137 e. The van der Waals surface area contributed by atoms with E-state index >= 15 is 0 Å². The normalized spacial score (nSPS) is 11.7. The van der Waals surface area contributed by atoms with Crippen LogP contribution in [0.3, 0.4) is 0 Å². The number of benzene rings is 4. The number of fused-ring (bicyclic) bond motifs is 3.